The molecule has 5 heteroatoms. The normalized spacial score (nSPS) is 27.9. The van der Waals surface area contributed by atoms with Crippen molar-refractivity contribution in [1.29, 1.82) is 0 Å². The van der Waals surface area contributed by atoms with E-state index in [4.69, 9.17) is 9.47 Å². The van der Waals surface area contributed by atoms with Crippen molar-refractivity contribution in [3.05, 3.63) is 0 Å². The summed E-state index contributed by atoms with van der Waals surface area (Å²) in [5.74, 6) is 0. The van der Waals surface area contributed by atoms with Crippen LogP contribution in [0.5, 0.6) is 0 Å². The highest BCUT2D eigenvalue weighted by Gasteiger charge is 2.43. The number of likely N-dealkylation sites (tertiary alicyclic amines) is 1. The van der Waals surface area contributed by atoms with Gasteiger partial charge in [0.05, 0.1) is 18.2 Å². The van der Waals surface area contributed by atoms with Gasteiger partial charge in [-0.1, -0.05) is 19.8 Å². The SMILES string of the molecule is CCCCC1(COC2CCOCC2)CCCN1C(=O)O. The number of amides is 1. The number of nitrogens with zero attached hydrogens (tertiary/aromatic N) is 1. The Morgan fingerprint density at radius 2 is 2.20 bits per heavy atom. The molecule has 0 spiro atoms. The van der Waals surface area contributed by atoms with Gasteiger partial charge in [0.2, 0.25) is 0 Å². The van der Waals surface area contributed by atoms with Crippen molar-refractivity contribution in [3.63, 3.8) is 0 Å². The number of carbonyl (C=O) groups is 1. The van der Waals surface area contributed by atoms with Gasteiger partial charge >= 0.3 is 6.09 Å². The largest absolute Gasteiger partial charge is 0.465 e. The molecule has 1 unspecified atom stereocenters. The maximum atomic E-state index is 11.5. The van der Waals surface area contributed by atoms with Crippen molar-refractivity contribution in [1.82, 2.24) is 4.90 Å². The molecule has 2 heterocycles. The summed E-state index contributed by atoms with van der Waals surface area (Å²) in [6.45, 7) is 4.86. The fraction of sp³-hybridized carbons (Fsp3) is 0.933. The molecular formula is C15H27NO4. The first-order valence-electron chi connectivity index (χ1n) is 7.88. The highest BCUT2D eigenvalue weighted by molar-refractivity contribution is 5.66. The number of carboxylic acid groups (broad SMARTS) is 1. The first kappa shape index (κ1) is 15.6. The van der Waals surface area contributed by atoms with Crippen LogP contribution in [0.25, 0.3) is 0 Å². The summed E-state index contributed by atoms with van der Waals surface area (Å²) in [5, 5.41) is 9.44. The van der Waals surface area contributed by atoms with Crippen LogP contribution in [-0.2, 0) is 9.47 Å². The molecule has 116 valence electrons. The molecule has 20 heavy (non-hydrogen) atoms. The zero-order chi connectivity index (χ0) is 14.4. The van der Waals surface area contributed by atoms with Crippen LogP contribution < -0.4 is 0 Å². The molecule has 1 N–H and O–H groups in total. The summed E-state index contributed by atoms with van der Waals surface area (Å²) in [4.78, 5) is 13.1. The van der Waals surface area contributed by atoms with E-state index in [1.807, 2.05) is 0 Å². The van der Waals surface area contributed by atoms with Gasteiger partial charge in [-0.3, -0.25) is 0 Å². The number of hydrogen-bond acceptors (Lipinski definition) is 3. The van der Waals surface area contributed by atoms with Crippen LogP contribution in [0.1, 0.15) is 51.9 Å². The van der Waals surface area contributed by atoms with Crippen LogP contribution in [0.15, 0.2) is 0 Å². The molecular weight excluding hydrogens is 258 g/mol. The number of unbranched alkanes of at least 4 members (excludes halogenated alkanes) is 1. The summed E-state index contributed by atoms with van der Waals surface area (Å²) >= 11 is 0. The molecule has 1 amide bonds. The average molecular weight is 285 g/mol. The van der Waals surface area contributed by atoms with Crippen molar-refractivity contribution >= 4 is 6.09 Å². The quantitative estimate of drug-likeness (QED) is 0.815. The lowest BCUT2D eigenvalue weighted by atomic mass is 9.90. The minimum absolute atomic E-state index is 0.235. The molecule has 2 rings (SSSR count). The van der Waals surface area contributed by atoms with Crippen LogP contribution in [0, 0.1) is 0 Å². The fourth-order valence-electron chi connectivity index (χ4n) is 3.34. The van der Waals surface area contributed by atoms with Gasteiger partial charge in [-0.05, 0) is 32.1 Å². The number of hydrogen-bond donors (Lipinski definition) is 1. The van der Waals surface area contributed by atoms with Gasteiger partial charge < -0.3 is 19.5 Å². The molecule has 0 saturated carbocycles. The Bertz CT molecular complexity index is 317. The fourth-order valence-corrected chi connectivity index (χ4v) is 3.34. The zero-order valence-electron chi connectivity index (χ0n) is 12.5. The van der Waals surface area contributed by atoms with Gasteiger partial charge in [-0.15, -0.1) is 0 Å². The monoisotopic (exact) mass is 285 g/mol. The highest BCUT2D eigenvalue weighted by Crippen LogP contribution is 2.35. The minimum Gasteiger partial charge on any atom is -0.465 e. The van der Waals surface area contributed by atoms with Gasteiger partial charge in [-0.2, -0.15) is 0 Å². The van der Waals surface area contributed by atoms with Crippen LogP contribution in [0.3, 0.4) is 0 Å². The van der Waals surface area contributed by atoms with Crippen molar-refractivity contribution < 1.29 is 19.4 Å². The Kier molecular flexibility index (Phi) is 5.66. The maximum Gasteiger partial charge on any atom is 0.407 e. The molecule has 2 saturated heterocycles. The molecule has 0 aromatic carbocycles. The summed E-state index contributed by atoms with van der Waals surface area (Å²) in [7, 11) is 0. The highest BCUT2D eigenvalue weighted by atomic mass is 16.5. The van der Waals surface area contributed by atoms with E-state index in [0.717, 1.165) is 58.2 Å². The summed E-state index contributed by atoms with van der Waals surface area (Å²) < 4.78 is 11.4. The van der Waals surface area contributed by atoms with Crippen LogP contribution in [0.2, 0.25) is 0 Å². The first-order chi connectivity index (χ1) is 9.68. The zero-order valence-corrected chi connectivity index (χ0v) is 12.5. The van der Waals surface area contributed by atoms with Crippen LogP contribution >= 0.6 is 0 Å². The lowest BCUT2D eigenvalue weighted by molar-refractivity contribution is -0.0672. The van der Waals surface area contributed by atoms with E-state index in [1.165, 1.54) is 0 Å². The third-order valence-electron chi connectivity index (χ3n) is 4.58. The van der Waals surface area contributed by atoms with E-state index in [2.05, 4.69) is 6.92 Å². The van der Waals surface area contributed by atoms with Crippen LogP contribution in [-0.4, -0.2) is 54.1 Å². The molecule has 2 aliphatic rings. The van der Waals surface area contributed by atoms with E-state index in [1.54, 1.807) is 4.90 Å². The topological polar surface area (TPSA) is 59.0 Å². The lowest BCUT2D eigenvalue weighted by Crippen LogP contribution is -2.51. The second kappa shape index (κ2) is 7.27. The molecule has 0 aromatic rings. The van der Waals surface area contributed by atoms with Gasteiger partial charge in [0.15, 0.2) is 0 Å². The second-order valence-corrected chi connectivity index (χ2v) is 5.99. The molecule has 2 aliphatic heterocycles. The summed E-state index contributed by atoms with van der Waals surface area (Å²) in [6, 6.07) is 0. The van der Waals surface area contributed by atoms with Gasteiger partial charge in [0, 0.05) is 19.8 Å². The Hall–Kier alpha value is -0.810. The molecule has 2 fully saturated rings. The molecule has 0 aromatic heterocycles. The van der Waals surface area contributed by atoms with Gasteiger partial charge in [0.25, 0.3) is 0 Å². The summed E-state index contributed by atoms with van der Waals surface area (Å²) in [5.41, 5.74) is -0.292. The number of ether oxygens (including phenoxy) is 2. The maximum absolute atomic E-state index is 11.5. The summed E-state index contributed by atoms with van der Waals surface area (Å²) in [6.07, 6.45) is 6.24. The van der Waals surface area contributed by atoms with E-state index >= 15 is 0 Å². The molecule has 0 aliphatic carbocycles. The molecule has 1 atom stereocenters. The van der Waals surface area contributed by atoms with Crippen molar-refractivity contribution in [2.24, 2.45) is 0 Å². The Balaban J connectivity index is 1.96. The van der Waals surface area contributed by atoms with Crippen molar-refractivity contribution in [2.45, 2.75) is 63.5 Å². The van der Waals surface area contributed by atoms with E-state index in [0.29, 0.717) is 13.2 Å². The second-order valence-electron chi connectivity index (χ2n) is 5.99. The van der Waals surface area contributed by atoms with Gasteiger partial charge in [-0.25, -0.2) is 4.79 Å². The standard InChI is InChI=1S/C15H27NO4/c1-2-3-7-15(8-4-9-16(15)14(17)18)12-20-13-5-10-19-11-6-13/h13H,2-12H2,1H3,(H,17,18). The molecule has 0 bridgehead atoms. The van der Waals surface area contributed by atoms with Crippen molar-refractivity contribution in [2.75, 3.05) is 26.4 Å². The Morgan fingerprint density at radius 3 is 2.85 bits per heavy atom. The predicted molar refractivity (Wildman–Crippen MR) is 76.0 cm³/mol. The third-order valence-corrected chi connectivity index (χ3v) is 4.58. The van der Waals surface area contributed by atoms with Crippen LogP contribution in [0.4, 0.5) is 4.79 Å². The predicted octanol–water partition coefficient (Wildman–Crippen LogP) is 2.88. The lowest BCUT2D eigenvalue weighted by Gasteiger charge is -2.38. The molecule has 5 nitrogen and oxygen atoms in total. The average Bonchev–Trinajstić information content (AvgIpc) is 2.89. The first-order valence-corrected chi connectivity index (χ1v) is 7.88. The van der Waals surface area contributed by atoms with Gasteiger partial charge in [0.1, 0.15) is 0 Å². The van der Waals surface area contributed by atoms with E-state index in [9.17, 15) is 9.90 Å². The minimum atomic E-state index is -0.797. The third kappa shape index (κ3) is 3.64. The van der Waals surface area contributed by atoms with E-state index < -0.39 is 6.09 Å². The van der Waals surface area contributed by atoms with E-state index in [-0.39, 0.29) is 11.6 Å². The Morgan fingerprint density at radius 1 is 1.45 bits per heavy atom. The van der Waals surface area contributed by atoms with Crippen molar-refractivity contribution in [3.8, 4) is 0 Å². The molecule has 0 radical (unpaired) electrons. The number of rotatable bonds is 6. The Labute approximate surface area is 121 Å². The smallest absolute Gasteiger partial charge is 0.407 e.